The van der Waals surface area contributed by atoms with Crippen LogP contribution in [-0.4, -0.2) is 46.8 Å². The Morgan fingerprint density at radius 2 is 1.82 bits per heavy atom. The van der Waals surface area contributed by atoms with Crippen LogP contribution >= 0.6 is 0 Å². The fourth-order valence-electron chi connectivity index (χ4n) is 4.23. The van der Waals surface area contributed by atoms with Crippen LogP contribution < -0.4 is 0 Å². The van der Waals surface area contributed by atoms with Gasteiger partial charge in [-0.3, -0.25) is 9.59 Å². The summed E-state index contributed by atoms with van der Waals surface area (Å²) in [6.07, 6.45) is 6.34. The highest BCUT2D eigenvalue weighted by molar-refractivity contribution is 6.06. The molecule has 1 atom stereocenters. The lowest BCUT2D eigenvalue weighted by Gasteiger charge is -2.25. The molecule has 0 radical (unpaired) electrons. The SMILES string of the molecule is CCOC(=O)c1c(C)c(C(=O)[C@@H](C)N(C)C(=O)CCC2CCCC2)c(C)n1C. The van der Waals surface area contributed by atoms with E-state index in [4.69, 9.17) is 4.74 Å². The van der Waals surface area contributed by atoms with Crippen LogP contribution in [0.2, 0.25) is 0 Å². The molecule has 1 amide bonds. The minimum atomic E-state index is -0.578. The second kappa shape index (κ2) is 9.39. The van der Waals surface area contributed by atoms with Gasteiger partial charge in [-0.1, -0.05) is 25.7 Å². The van der Waals surface area contributed by atoms with Crippen molar-refractivity contribution in [2.45, 2.75) is 72.3 Å². The molecule has 0 unspecified atom stereocenters. The molecule has 0 spiro atoms. The predicted octanol–water partition coefficient (Wildman–Crippen LogP) is 3.82. The normalized spacial score (nSPS) is 15.5. The third-order valence-electron chi connectivity index (χ3n) is 6.24. The number of likely N-dealkylation sites (N-methyl/N-ethyl adjacent to an activating group) is 1. The molecule has 1 aromatic heterocycles. The predicted molar refractivity (Wildman–Crippen MR) is 109 cm³/mol. The van der Waals surface area contributed by atoms with Crippen molar-refractivity contribution in [2.24, 2.45) is 13.0 Å². The number of amides is 1. The van der Waals surface area contributed by atoms with Crippen molar-refractivity contribution in [1.82, 2.24) is 9.47 Å². The monoisotopic (exact) mass is 390 g/mol. The maximum absolute atomic E-state index is 13.2. The van der Waals surface area contributed by atoms with Gasteiger partial charge in [0.25, 0.3) is 0 Å². The van der Waals surface area contributed by atoms with E-state index in [0.717, 1.165) is 6.42 Å². The van der Waals surface area contributed by atoms with Crippen LogP contribution in [0, 0.1) is 19.8 Å². The van der Waals surface area contributed by atoms with Gasteiger partial charge in [0.1, 0.15) is 5.69 Å². The van der Waals surface area contributed by atoms with Crippen LogP contribution in [-0.2, 0) is 16.6 Å². The number of rotatable bonds is 8. The molecule has 28 heavy (non-hydrogen) atoms. The van der Waals surface area contributed by atoms with Crippen molar-refractivity contribution >= 4 is 17.7 Å². The van der Waals surface area contributed by atoms with Crippen molar-refractivity contribution < 1.29 is 19.1 Å². The van der Waals surface area contributed by atoms with Crippen molar-refractivity contribution in [3.63, 3.8) is 0 Å². The summed E-state index contributed by atoms with van der Waals surface area (Å²) < 4.78 is 6.83. The Bertz CT molecular complexity index is 744. The summed E-state index contributed by atoms with van der Waals surface area (Å²) in [6, 6.07) is -0.578. The number of carbonyl (C=O) groups excluding carboxylic acids is 3. The van der Waals surface area contributed by atoms with Crippen molar-refractivity contribution in [2.75, 3.05) is 13.7 Å². The third-order valence-corrected chi connectivity index (χ3v) is 6.24. The number of hydrogen-bond donors (Lipinski definition) is 0. The number of esters is 1. The Kier molecular flexibility index (Phi) is 7.44. The van der Waals surface area contributed by atoms with E-state index in [1.54, 1.807) is 44.3 Å². The van der Waals surface area contributed by atoms with Crippen LogP contribution in [0.25, 0.3) is 0 Å². The van der Waals surface area contributed by atoms with Gasteiger partial charge in [0.15, 0.2) is 5.78 Å². The molecule has 2 rings (SSSR count). The molecule has 6 nitrogen and oxygen atoms in total. The first-order chi connectivity index (χ1) is 13.2. The van der Waals surface area contributed by atoms with E-state index in [1.807, 2.05) is 6.92 Å². The zero-order valence-corrected chi connectivity index (χ0v) is 18.1. The van der Waals surface area contributed by atoms with E-state index in [0.29, 0.717) is 34.9 Å². The Balaban J connectivity index is 2.14. The number of aromatic nitrogens is 1. The highest BCUT2D eigenvalue weighted by Crippen LogP contribution is 2.29. The largest absolute Gasteiger partial charge is 0.461 e. The van der Waals surface area contributed by atoms with Crippen LogP contribution in [0.5, 0.6) is 0 Å². The molecule has 0 bridgehead atoms. The van der Waals surface area contributed by atoms with E-state index in [9.17, 15) is 14.4 Å². The Morgan fingerprint density at radius 3 is 2.39 bits per heavy atom. The minimum Gasteiger partial charge on any atom is -0.461 e. The van der Waals surface area contributed by atoms with Gasteiger partial charge in [-0.05, 0) is 45.6 Å². The van der Waals surface area contributed by atoms with E-state index in [-0.39, 0.29) is 18.3 Å². The second-order valence-corrected chi connectivity index (χ2v) is 7.95. The van der Waals surface area contributed by atoms with Gasteiger partial charge in [-0.2, -0.15) is 0 Å². The summed E-state index contributed by atoms with van der Waals surface area (Å²) in [5, 5.41) is 0. The van der Waals surface area contributed by atoms with E-state index >= 15 is 0 Å². The number of ether oxygens (including phenoxy) is 1. The van der Waals surface area contributed by atoms with Gasteiger partial charge in [0.2, 0.25) is 5.91 Å². The highest BCUT2D eigenvalue weighted by Gasteiger charge is 2.31. The quantitative estimate of drug-likeness (QED) is 0.500. The van der Waals surface area contributed by atoms with Crippen molar-refractivity contribution in [3.05, 3.63) is 22.5 Å². The topological polar surface area (TPSA) is 68.6 Å². The first-order valence-corrected chi connectivity index (χ1v) is 10.3. The molecule has 1 aliphatic rings. The maximum atomic E-state index is 13.2. The Hall–Kier alpha value is -2.11. The Morgan fingerprint density at radius 1 is 1.21 bits per heavy atom. The molecule has 0 aromatic carbocycles. The molecule has 156 valence electrons. The Labute approximate surface area is 168 Å². The number of carbonyl (C=O) groups is 3. The van der Waals surface area contributed by atoms with E-state index in [1.165, 1.54) is 25.7 Å². The number of Topliss-reactive ketones (excluding diaryl/α,β-unsaturated/α-hetero) is 1. The summed E-state index contributed by atoms with van der Waals surface area (Å²) >= 11 is 0. The zero-order valence-electron chi connectivity index (χ0n) is 18.1. The number of ketones is 1. The lowest BCUT2D eigenvalue weighted by molar-refractivity contribution is -0.131. The lowest BCUT2D eigenvalue weighted by Crippen LogP contribution is -2.40. The summed E-state index contributed by atoms with van der Waals surface area (Å²) in [5.41, 5.74) is 2.23. The first-order valence-electron chi connectivity index (χ1n) is 10.3. The molecule has 1 aliphatic carbocycles. The lowest BCUT2D eigenvalue weighted by atomic mass is 9.98. The molecule has 0 aliphatic heterocycles. The molecule has 0 N–H and O–H groups in total. The molecule has 0 saturated heterocycles. The van der Waals surface area contributed by atoms with Crippen molar-refractivity contribution in [3.8, 4) is 0 Å². The molecule has 1 heterocycles. The number of nitrogens with zero attached hydrogens (tertiary/aromatic N) is 2. The van der Waals surface area contributed by atoms with Gasteiger partial charge in [0.05, 0.1) is 12.6 Å². The molecule has 6 heteroatoms. The zero-order chi connectivity index (χ0) is 21.0. The summed E-state index contributed by atoms with van der Waals surface area (Å²) in [7, 11) is 3.45. The molecular formula is C22H34N2O4. The maximum Gasteiger partial charge on any atom is 0.355 e. The van der Waals surface area contributed by atoms with Crippen LogP contribution in [0.3, 0.4) is 0 Å². The standard InChI is InChI=1S/C22H34N2O4/c1-7-28-22(27)20-14(2)19(15(3)24(20)6)21(26)16(4)23(5)18(25)13-12-17-10-8-9-11-17/h16-17H,7-13H2,1-6H3/t16-/m1/s1. The van der Waals surface area contributed by atoms with Crippen LogP contribution in [0.4, 0.5) is 0 Å². The van der Waals surface area contributed by atoms with Gasteiger partial charge in [0, 0.05) is 31.8 Å². The third kappa shape index (κ3) is 4.47. The van der Waals surface area contributed by atoms with Gasteiger partial charge >= 0.3 is 5.97 Å². The smallest absolute Gasteiger partial charge is 0.355 e. The first kappa shape index (κ1) is 22.2. The van der Waals surface area contributed by atoms with Gasteiger partial charge in [-0.15, -0.1) is 0 Å². The summed E-state index contributed by atoms with van der Waals surface area (Å²) in [6.45, 7) is 7.37. The van der Waals surface area contributed by atoms with Crippen LogP contribution in [0.15, 0.2) is 0 Å². The summed E-state index contributed by atoms with van der Waals surface area (Å²) in [5.74, 6) is 0.0786. The van der Waals surface area contributed by atoms with Gasteiger partial charge < -0.3 is 14.2 Å². The van der Waals surface area contributed by atoms with E-state index in [2.05, 4.69) is 0 Å². The molecular weight excluding hydrogens is 356 g/mol. The molecule has 1 aromatic rings. The van der Waals surface area contributed by atoms with Crippen LogP contribution in [0.1, 0.15) is 84.5 Å². The summed E-state index contributed by atoms with van der Waals surface area (Å²) in [4.78, 5) is 39.6. The fraction of sp³-hybridized carbons (Fsp3) is 0.682. The second-order valence-electron chi connectivity index (χ2n) is 7.95. The average Bonchev–Trinajstić information content (AvgIpc) is 3.25. The molecule has 1 saturated carbocycles. The van der Waals surface area contributed by atoms with Crippen molar-refractivity contribution in [1.29, 1.82) is 0 Å². The minimum absolute atomic E-state index is 0.00426. The fourth-order valence-corrected chi connectivity index (χ4v) is 4.23. The highest BCUT2D eigenvalue weighted by atomic mass is 16.5. The van der Waals surface area contributed by atoms with E-state index < -0.39 is 12.0 Å². The molecule has 1 fully saturated rings. The number of hydrogen-bond acceptors (Lipinski definition) is 4. The average molecular weight is 391 g/mol. The van der Waals surface area contributed by atoms with Gasteiger partial charge in [-0.25, -0.2) is 4.79 Å².